The molecule has 25 heavy (non-hydrogen) atoms. The van der Waals surface area contributed by atoms with Gasteiger partial charge in [0.2, 0.25) is 5.91 Å². The first-order chi connectivity index (χ1) is 11.9. The number of amides is 4. The van der Waals surface area contributed by atoms with Crippen molar-refractivity contribution in [3.63, 3.8) is 0 Å². The Hall–Kier alpha value is -1.89. The molecule has 0 unspecified atom stereocenters. The number of carbonyl (C=O) groups excluding carboxylic acids is 3. The van der Waals surface area contributed by atoms with E-state index in [2.05, 4.69) is 12.2 Å². The second kappa shape index (κ2) is 7.15. The normalized spacial score (nSPS) is 26.2. The average Bonchev–Trinajstić information content (AvgIpc) is 3.18. The van der Waals surface area contributed by atoms with Gasteiger partial charge in [-0.1, -0.05) is 19.4 Å². The summed E-state index contributed by atoms with van der Waals surface area (Å²) in [6.45, 7) is 2.46. The van der Waals surface area contributed by atoms with E-state index >= 15 is 0 Å². The van der Waals surface area contributed by atoms with Crippen LogP contribution in [-0.4, -0.2) is 46.8 Å². The number of nitrogens with zero attached hydrogens (tertiary/aromatic N) is 2. The van der Waals surface area contributed by atoms with Gasteiger partial charge >= 0.3 is 6.03 Å². The van der Waals surface area contributed by atoms with Crippen LogP contribution in [0.2, 0.25) is 0 Å². The zero-order chi connectivity index (χ0) is 18.0. The van der Waals surface area contributed by atoms with Crippen molar-refractivity contribution in [2.24, 2.45) is 5.92 Å². The number of urea groups is 1. The van der Waals surface area contributed by atoms with Gasteiger partial charge < -0.3 is 10.2 Å². The SMILES string of the molecule is CCC1CCC2(CC1)NC(=O)N(CC(=O)N(C)Cc1cccs1)C2=O. The fourth-order valence-electron chi connectivity index (χ4n) is 3.72. The highest BCUT2D eigenvalue weighted by atomic mass is 32.1. The monoisotopic (exact) mass is 363 g/mol. The Bertz CT molecular complexity index is 651. The lowest BCUT2D eigenvalue weighted by Gasteiger charge is -2.34. The van der Waals surface area contributed by atoms with Crippen molar-refractivity contribution in [1.29, 1.82) is 0 Å². The lowest BCUT2D eigenvalue weighted by atomic mass is 9.75. The van der Waals surface area contributed by atoms with E-state index in [9.17, 15) is 14.4 Å². The molecule has 1 aromatic heterocycles. The van der Waals surface area contributed by atoms with Crippen LogP contribution in [0.15, 0.2) is 17.5 Å². The number of thiophene rings is 1. The molecule has 7 heteroatoms. The van der Waals surface area contributed by atoms with E-state index in [0.717, 1.165) is 29.0 Å². The Balaban J connectivity index is 1.62. The van der Waals surface area contributed by atoms with Crippen molar-refractivity contribution in [2.45, 2.75) is 51.1 Å². The van der Waals surface area contributed by atoms with Crippen LogP contribution in [0, 0.1) is 5.92 Å². The fourth-order valence-corrected chi connectivity index (χ4v) is 4.48. The second-order valence-corrected chi connectivity index (χ2v) is 8.12. The topological polar surface area (TPSA) is 69.7 Å². The van der Waals surface area contributed by atoms with Crippen LogP contribution < -0.4 is 5.32 Å². The van der Waals surface area contributed by atoms with Gasteiger partial charge in [0.25, 0.3) is 5.91 Å². The molecule has 1 spiro atoms. The minimum absolute atomic E-state index is 0.189. The minimum Gasteiger partial charge on any atom is -0.339 e. The summed E-state index contributed by atoms with van der Waals surface area (Å²) in [5.74, 6) is 0.170. The van der Waals surface area contributed by atoms with Crippen LogP contribution in [-0.2, 0) is 16.1 Å². The minimum atomic E-state index is -0.782. The Morgan fingerprint density at radius 2 is 2.12 bits per heavy atom. The third-order valence-electron chi connectivity index (χ3n) is 5.47. The number of likely N-dealkylation sites (N-methyl/N-ethyl adjacent to an activating group) is 1. The first-order valence-corrected chi connectivity index (χ1v) is 9.73. The summed E-state index contributed by atoms with van der Waals surface area (Å²) in [5, 5.41) is 4.83. The highest BCUT2D eigenvalue weighted by Crippen LogP contribution is 2.37. The molecule has 136 valence electrons. The van der Waals surface area contributed by atoms with Gasteiger partial charge in [0.1, 0.15) is 12.1 Å². The van der Waals surface area contributed by atoms with Crippen LogP contribution >= 0.6 is 11.3 Å². The van der Waals surface area contributed by atoms with Crippen LogP contribution in [0.5, 0.6) is 0 Å². The predicted octanol–water partition coefficient (Wildman–Crippen LogP) is 2.60. The van der Waals surface area contributed by atoms with Gasteiger partial charge in [-0.3, -0.25) is 14.5 Å². The maximum atomic E-state index is 12.8. The molecule has 1 aromatic rings. The van der Waals surface area contributed by atoms with Crippen molar-refractivity contribution < 1.29 is 14.4 Å². The van der Waals surface area contributed by atoms with Crippen molar-refractivity contribution in [2.75, 3.05) is 13.6 Å². The summed E-state index contributed by atoms with van der Waals surface area (Å²) in [4.78, 5) is 41.3. The van der Waals surface area contributed by atoms with Crippen LogP contribution in [0.3, 0.4) is 0 Å². The van der Waals surface area contributed by atoms with E-state index in [1.807, 2.05) is 17.5 Å². The molecule has 2 fully saturated rings. The van der Waals surface area contributed by atoms with E-state index in [1.54, 1.807) is 23.3 Å². The molecule has 1 aliphatic heterocycles. The summed E-state index contributed by atoms with van der Waals surface area (Å²) in [6, 6.07) is 3.47. The molecule has 1 aliphatic carbocycles. The van der Waals surface area contributed by atoms with E-state index in [0.29, 0.717) is 25.3 Å². The molecule has 2 aliphatic rings. The third kappa shape index (κ3) is 3.56. The average molecular weight is 363 g/mol. The molecule has 1 saturated carbocycles. The van der Waals surface area contributed by atoms with Gasteiger partial charge in [-0.15, -0.1) is 11.3 Å². The smallest absolute Gasteiger partial charge is 0.325 e. The third-order valence-corrected chi connectivity index (χ3v) is 6.34. The van der Waals surface area contributed by atoms with E-state index in [4.69, 9.17) is 0 Å². The first kappa shape index (κ1) is 17.9. The van der Waals surface area contributed by atoms with Crippen molar-refractivity contribution in [3.8, 4) is 0 Å². The molecule has 0 radical (unpaired) electrons. The number of nitrogens with one attached hydrogen (secondary N) is 1. The van der Waals surface area contributed by atoms with E-state index in [1.165, 1.54) is 0 Å². The molecule has 3 rings (SSSR count). The Morgan fingerprint density at radius 1 is 1.40 bits per heavy atom. The number of hydrogen-bond acceptors (Lipinski definition) is 4. The van der Waals surface area contributed by atoms with Crippen LogP contribution in [0.4, 0.5) is 4.79 Å². The molecule has 6 nitrogen and oxygen atoms in total. The van der Waals surface area contributed by atoms with Gasteiger partial charge in [-0.05, 0) is 43.0 Å². The second-order valence-electron chi connectivity index (χ2n) is 7.08. The largest absolute Gasteiger partial charge is 0.339 e. The van der Waals surface area contributed by atoms with Gasteiger partial charge in [-0.2, -0.15) is 0 Å². The first-order valence-electron chi connectivity index (χ1n) is 8.85. The molecule has 0 bridgehead atoms. The van der Waals surface area contributed by atoms with Gasteiger partial charge in [-0.25, -0.2) is 4.79 Å². The van der Waals surface area contributed by atoms with Crippen molar-refractivity contribution in [3.05, 3.63) is 22.4 Å². The van der Waals surface area contributed by atoms with E-state index < -0.39 is 11.6 Å². The fraction of sp³-hybridized carbons (Fsp3) is 0.611. The van der Waals surface area contributed by atoms with Crippen molar-refractivity contribution in [1.82, 2.24) is 15.1 Å². The number of carbonyl (C=O) groups is 3. The molecule has 4 amide bonds. The van der Waals surface area contributed by atoms with Gasteiger partial charge in [0.05, 0.1) is 6.54 Å². The lowest BCUT2D eigenvalue weighted by molar-refractivity contribution is -0.139. The summed E-state index contributed by atoms with van der Waals surface area (Å²) in [6.07, 6.45) is 4.34. The maximum absolute atomic E-state index is 12.8. The summed E-state index contributed by atoms with van der Waals surface area (Å²) in [5.41, 5.74) is -0.782. The standard InChI is InChI=1S/C18H25N3O3S/c1-3-13-6-8-18(9-7-13)16(23)21(17(24)19-18)12-15(22)20(2)11-14-5-4-10-25-14/h4-5,10,13H,3,6-9,11-12H2,1-2H3,(H,19,24). The molecular weight excluding hydrogens is 338 g/mol. The summed E-state index contributed by atoms with van der Waals surface area (Å²) in [7, 11) is 1.70. The molecule has 0 aromatic carbocycles. The molecule has 1 N–H and O–H groups in total. The Morgan fingerprint density at radius 3 is 2.72 bits per heavy atom. The number of rotatable bonds is 5. The van der Waals surface area contributed by atoms with Crippen LogP contribution in [0.1, 0.15) is 43.9 Å². The zero-order valence-electron chi connectivity index (χ0n) is 14.8. The summed E-state index contributed by atoms with van der Waals surface area (Å²) < 4.78 is 0. The van der Waals surface area contributed by atoms with Crippen LogP contribution in [0.25, 0.3) is 0 Å². The molecule has 1 saturated heterocycles. The molecule has 0 atom stereocenters. The lowest BCUT2D eigenvalue weighted by Crippen LogP contribution is -2.50. The predicted molar refractivity (Wildman–Crippen MR) is 96.0 cm³/mol. The molecular formula is C18H25N3O3S. The maximum Gasteiger partial charge on any atom is 0.325 e. The highest BCUT2D eigenvalue weighted by Gasteiger charge is 2.52. The number of imide groups is 1. The summed E-state index contributed by atoms with van der Waals surface area (Å²) >= 11 is 1.58. The van der Waals surface area contributed by atoms with E-state index in [-0.39, 0.29) is 18.4 Å². The Labute approximate surface area is 152 Å². The molecule has 2 heterocycles. The van der Waals surface area contributed by atoms with Gasteiger partial charge in [0, 0.05) is 11.9 Å². The highest BCUT2D eigenvalue weighted by molar-refractivity contribution is 7.09. The quantitative estimate of drug-likeness (QED) is 0.818. The van der Waals surface area contributed by atoms with Crippen molar-refractivity contribution >= 4 is 29.2 Å². The number of hydrogen-bond donors (Lipinski definition) is 1. The zero-order valence-corrected chi connectivity index (χ0v) is 15.6. The van der Waals surface area contributed by atoms with Gasteiger partial charge in [0.15, 0.2) is 0 Å². The Kier molecular flexibility index (Phi) is 5.13.